The summed E-state index contributed by atoms with van der Waals surface area (Å²) in [5, 5.41) is 0. The summed E-state index contributed by atoms with van der Waals surface area (Å²) in [6, 6.07) is 2.46. The Bertz CT molecular complexity index is 559. The summed E-state index contributed by atoms with van der Waals surface area (Å²) >= 11 is 0. The lowest BCUT2D eigenvalue weighted by atomic mass is 10.0. The van der Waals surface area contributed by atoms with Gasteiger partial charge >= 0.3 is 11.9 Å². The van der Waals surface area contributed by atoms with E-state index in [1.165, 1.54) is 25.7 Å². The first-order chi connectivity index (χ1) is 15.5. The van der Waals surface area contributed by atoms with Gasteiger partial charge in [-0.15, -0.1) is 0 Å². The minimum atomic E-state index is -0.0101. The molecule has 0 radical (unpaired) electrons. The Kier molecular flexibility index (Phi) is 8.49. The Hall–Kier alpha value is -1.14. The van der Waals surface area contributed by atoms with Crippen molar-refractivity contribution in [3.05, 3.63) is 0 Å². The highest BCUT2D eigenvalue weighted by atomic mass is 16.5. The summed E-state index contributed by atoms with van der Waals surface area (Å²) in [6.45, 7) is 0. The maximum Gasteiger partial charge on any atom is 0.306 e. The Morgan fingerprint density at radius 1 is 0.594 bits per heavy atom. The van der Waals surface area contributed by atoms with Crippen molar-refractivity contribution in [1.82, 2.24) is 9.80 Å². The molecule has 0 aromatic heterocycles. The fraction of sp³-hybridized carbons (Fsp3) is 0.923. The van der Waals surface area contributed by atoms with Crippen LogP contribution in [0.2, 0.25) is 0 Å². The van der Waals surface area contributed by atoms with Crippen molar-refractivity contribution >= 4 is 11.9 Å². The molecule has 2 unspecified atom stereocenters. The zero-order valence-electron chi connectivity index (χ0n) is 20.3. The molecule has 0 saturated carbocycles. The van der Waals surface area contributed by atoms with Crippen molar-refractivity contribution in [3.63, 3.8) is 0 Å². The average Bonchev–Trinajstić information content (AvgIpc) is 3.09. The maximum absolute atomic E-state index is 12.2. The van der Waals surface area contributed by atoms with Gasteiger partial charge in [0.05, 0.1) is 0 Å². The molecule has 4 rings (SSSR count). The fourth-order valence-electron chi connectivity index (χ4n) is 6.65. The first-order valence-electron chi connectivity index (χ1n) is 13.3. The summed E-state index contributed by atoms with van der Waals surface area (Å²) in [5.74, 6) is -0.0203. The van der Waals surface area contributed by atoms with Crippen molar-refractivity contribution in [2.24, 2.45) is 0 Å². The minimum absolute atomic E-state index is 0.0101. The summed E-state index contributed by atoms with van der Waals surface area (Å²) in [5.41, 5.74) is 0. The lowest BCUT2D eigenvalue weighted by Crippen LogP contribution is -2.43. The molecule has 182 valence electrons. The molecule has 4 fully saturated rings. The summed E-state index contributed by atoms with van der Waals surface area (Å²) in [4.78, 5) is 29.3. The largest absolute Gasteiger partial charge is 0.462 e. The number of rotatable bonds is 11. The first kappa shape index (κ1) is 24.0. The van der Waals surface area contributed by atoms with Gasteiger partial charge in [0.1, 0.15) is 12.2 Å². The number of piperidine rings is 2. The smallest absolute Gasteiger partial charge is 0.306 e. The van der Waals surface area contributed by atoms with Crippen LogP contribution in [-0.4, -0.2) is 72.2 Å². The highest BCUT2D eigenvalue weighted by molar-refractivity contribution is 5.69. The van der Waals surface area contributed by atoms with Crippen molar-refractivity contribution in [1.29, 1.82) is 0 Å². The molecule has 0 N–H and O–H groups in total. The third-order valence-electron chi connectivity index (χ3n) is 8.72. The number of hydrogen-bond donors (Lipinski definition) is 0. The lowest BCUT2D eigenvalue weighted by Gasteiger charge is -2.35. The summed E-state index contributed by atoms with van der Waals surface area (Å²) in [6.07, 6.45) is 16.7. The number of carbonyl (C=O) groups is 2. The first-order valence-corrected chi connectivity index (χ1v) is 13.3. The van der Waals surface area contributed by atoms with Crippen molar-refractivity contribution in [2.75, 3.05) is 14.1 Å². The molecule has 4 aliphatic heterocycles. The van der Waals surface area contributed by atoms with Gasteiger partial charge in [-0.2, -0.15) is 0 Å². The van der Waals surface area contributed by atoms with Crippen LogP contribution in [0.5, 0.6) is 0 Å². The second-order valence-corrected chi connectivity index (χ2v) is 10.9. The van der Waals surface area contributed by atoms with E-state index in [2.05, 4.69) is 23.9 Å². The molecule has 32 heavy (non-hydrogen) atoms. The third-order valence-corrected chi connectivity index (χ3v) is 8.72. The van der Waals surface area contributed by atoms with Crippen LogP contribution in [0.15, 0.2) is 0 Å². The van der Waals surface area contributed by atoms with E-state index in [0.717, 1.165) is 64.2 Å². The van der Waals surface area contributed by atoms with Gasteiger partial charge in [-0.3, -0.25) is 9.59 Å². The minimum Gasteiger partial charge on any atom is -0.462 e. The van der Waals surface area contributed by atoms with Crippen LogP contribution in [0, 0.1) is 0 Å². The van der Waals surface area contributed by atoms with Crippen LogP contribution in [0.3, 0.4) is 0 Å². The van der Waals surface area contributed by atoms with Gasteiger partial charge in [-0.1, -0.05) is 25.7 Å². The van der Waals surface area contributed by atoms with Crippen LogP contribution in [-0.2, 0) is 19.1 Å². The van der Waals surface area contributed by atoms with Crippen LogP contribution < -0.4 is 0 Å². The van der Waals surface area contributed by atoms with Gasteiger partial charge in [0.15, 0.2) is 0 Å². The Morgan fingerprint density at radius 3 is 1.25 bits per heavy atom. The zero-order chi connectivity index (χ0) is 22.5. The Morgan fingerprint density at radius 2 is 0.906 bits per heavy atom. The van der Waals surface area contributed by atoms with E-state index in [4.69, 9.17) is 9.47 Å². The lowest BCUT2D eigenvalue weighted by molar-refractivity contribution is -0.153. The van der Waals surface area contributed by atoms with Crippen LogP contribution in [0.25, 0.3) is 0 Å². The molecule has 0 amide bonds. The number of esters is 2. The number of nitrogens with zero attached hydrogens (tertiary/aromatic N) is 2. The van der Waals surface area contributed by atoms with Gasteiger partial charge in [0.25, 0.3) is 0 Å². The third kappa shape index (κ3) is 6.25. The standard InChI is InChI=1S/C26H44N2O4/c1-27-19-11-12-20(27)16-23(15-19)31-25(29)9-7-5-3-4-6-8-10-26(30)32-24-17-21-13-14-22(18-24)28(21)2/h19-24H,3-18H2,1-2H3/t19-,20+,21-,22+,23?,24?. The van der Waals surface area contributed by atoms with Crippen molar-refractivity contribution < 1.29 is 19.1 Å². The molecule has 0 aromatic rings. The molecule has 4 saturated heterocycles. The summed E-state index contributed by atoms with van der Waals surface area (Å²) < 4.78 is 11.5. The molecule has 6 heteroatoms. The van der Waals surface area contributed by atoms with Crippen LogP contribution in [0.1, 0.15) is 103 Å². The van der Waals surface area contributed by atoms with Gasteiger partial charge in [-0.25, -0.2) is 0 Å². The van der Waals surface area contributed by atoms with Crippen LogP contribution in [0.4, 0.5) is 0 Å². The summed E-state index contributed by atoms with van der Waals surface area (Å²) in [7, 11) is 4.42. The van der Waals surface area contributed by atoms with Crippen molar-refractivity contribution in [3.8, 4) is 0 Å². The molecular weight excluding hydrogens is 404 g/mol. The molecule has 4 heterocycles. The van der Waals surface area contributed by atoms with E-state index < -0.39 is 0 Å². The predicted octanol–water partition coefficient (Wildman–Crippen LogP) is 4.44. The van der Waals surface area contributed by atoms with Gasteiger partial charge in [-0.05, 0) is 78.3 Å². The fourth-order valence-corrected chi connectivity index (χ4v) is 6.65. The SMILES string of the molecule is CN1[C@@H]2CC[C@H]1CC(OC(=O)CCCCCCCCC(=O)OC1C[C@H]3CC[C@@H](C1)N3C)C2. The zero-order valence-corrected chi connectivity index (χ0v) is 20.3. The Labute approximate surface area is 194 Å². The number of unbranched alkanes of at least 4 members (excludes halogenated alkanes) is 5. The topological polar surface area (TPSA) is 59.1 Å². The highest BCUT2D eigenvalue weighted by Crippen LogP contribution is 2.36. The highest BCUT2D eigenvalue weighted by Gasteiger charge is 2.40. The van der Waals surface area contributed by atoms with E-state index >= 15 is 0 Å². The normalized spacial score (nSPS) is 34.6. The van der Waals surface area contributed by atoms with Gasteiger partial charge in [0.2, 0.25) is 0 Å². The molecule has 4 aliphatic rings. The molecule has 0 aliphatic carbocycles. The number of hydrogen-bond acceptors (Lipinski definition) is 6. The second kappa shape index (κ2) is 11.3. The predicted molar refractivity (Wildman–Crippen MR) is 124 cm³/mol. The van der Waals surface area contributed by atoms with Crippen LogP contribution >= 0.6 is 0 Å². The quantitative estimate of drug-likeness (QED) is 0.344. The van der Waals surface area contributed by atoms with E-state index in [1.54, 1.807) is 0 Å². The van der Waals surface area contributed by atoms with E-state index in [9.17, 15) is 9.59 Å². The Balaban J connectivity index is 0.969. The van der Waals surface area contributed by atoms with E-state index in [0.29, 0.717) is 37.0 Å². The molecule has 0 spiro atoms. The average molecular weight is 449 g/mol. The van der Waals surface area contributed by atoms with Crippen molar-refractivity contribution in [2.45, 2.75) is 139 Å². The number of fused-ring (bicyclic) bond motifs is 4. The molecule has 0 aromatic carbocycles. The van der Waals surface area contributed by atoms with Gasteiger partial charge < -0.3 is 19.3 Å². The molecule has 6 atom stereocenters. The second-order valence-electron chi connectivity index (χ2n) is 10.9. The van der Waals surface area contributed by atoms with E-state index in [-0.39, 0.29) is 24.1 Å². The number of ether oxygens (including phenoxy) is 2. The molecule has 4 bridgehead atoms. The molecule has 6 nitrogen and oxygen atoms in total. The van der Waals surface area contributed by atoms with E-state index in [1.807, 2.05) is 0 Å². The number of carbonyl (C=O) groups excluding carboxylic acids is 2. The molecular formula is C26H44N2O4. The van der Waals surface area contributed by atoms with Gasteiger partial charge in [0, 0.05) is 37.0 Å². The maximum atomic E-state index is 12.2. The monoisotopic (exact) mass is 448 g/mol.